The zero-order chi connectivity index (χ0) is 19.9. The third-order valence-electron chi connectivity index (χ3n) is 9.76. The van der Waals surface area contributed by atoms with Crippen molar-refractivity contribution in [3.63, 3.8) is 0 Å². The lowest BCUT2D eigenvalue weighted by Crippen LogP contribution is -2.58. The van der Waals surface area contributed by atoms with Gasteiger partial charge < -0.3 is 10.2 Å². The summed E-state index contributed by atoms with van der Waals surface area (Å²) in [5.74, 6) is 1.16. The zero-order valence-electron chi connectivity index (χ0n) is 18.2. The van der Waals surface area contributed by atoms with E-state index in [1.807, 2.05) is 13.8 Å². The van der Waals surface area contributed by atoms with Crippen LogP contribution in [0.3, 0.4) is 0 Å². The Hall–Kier alpha value is -0.410. The summed E-state index contributed by atoms with van der Waals surface area (Å²) in [6, 6.07) is 0. The van der Waals surface area contributed by atoms with Crippen LogP contribution in [0.1, 0.15) is 104 Å². The van der Waals surface area contributed by atoms with E-state index >= 15 is 0 Å². The van der Waals surface area contributed by atoms with Gasteiger partial charge in [-0.2, -0.15) is 0 Å². The van der Waals surface area contributed by atoms with Crippen LogP contribution in [0.2, 0.25) is 0 Å². The van der Waals surface area contributed by atoms with Crippen LogP contribution in [0.5, 0.6) is 0 Å². The van der Waals surface area contributed by atoms with E-state index in [0.717, 1.165) is 38.5 Å². The van der Waals surface area contributed by atoms with Crippen molar-refractivity contribution in [2.75, 3.05) is 0 Å². The number of fused-ring (bicyclic) bond motifs is 2. The standard InChI is InChI=1S/C25H42O3/c1-17(24(27)15-7-11-19-9-3-5-13-21(19)24)23(26)18(2)25(28)16-8-12-20-10-4-6-14-22(20)25/h17-22,27-28H,3-16H2,1-2H3. The molecular weight excluding hydrogens is 348 g/mol. The number of aliphatic hydroxyl groups is 2. The van der Waals surface area contributed by atoms with Gasteiger partial charge >= 0.3 is 0 Å². The molecule has 28 heavy (non-hydrogen) atoms. The molecule has 4 fully saturated rings. The highest BCUT2D eigenvalue weighted by atomic mass is 16.3. The molecule has 4 rings (SSSR count). The highest BCUT2D eigenvalue weighted by Crippen LogP contribution is 2.52. The molecule has 0 aromatic carbocycles. The third-order valence-corrected chi connectivity index (χ3v) is 9.76. The van der Waals surface area contributed by atoms with Gasteiger partial charge in [-0.25, -0.2) is 0 Å². The minimum Gasteiger partial charge on any atom is -0.389 e. The Bertz CT molecular complexity index is 522. The van der Waals surface area contributed by atoms with Crippen LogP contribution in [0.25, 0.3) is 0 Å². The maximum absolute atomic E-state index is 13.7. The molecule has 4 aliphatic carbocycles. The molecule has 160 valence electrons. The summed E-state index contributed by atoms with van der Waals surface area (Å²) < 4.78 is 0. The Kier molecular flexibility index (Phi) is 5.97. The molecule has 0 aromatic heterocycles. The van der Waals surface area contributed by atoms with Gasteiger partial charge in [-0.1, -0.05) is 65.2 Å². The molecule has 4 saturated carbocycles. The summed E-state index contributed by atoms with van der Waals surface area (Å²) in [7, 11) is 0. The average Bonchev–Trinajstić information content (AvgIpc) is 2.73. The molecule has 4 aliphatic rings. The van der Waals surface area contributed by atoms with E-state index in [1.54, 1.807) is 0 Å². The first-order chi connectivity index (χ1) is 13.4. The Morgan fingerprint density at radius 1 is 0.679 bits per heavy atom. The van der Waals surface area contributed by atoms with Crippen molar-refractivity contribution >= 4 is 5.78 Å². The van der Waals surface area contributed by atoms with Gasteiger partial charge in [-0.15, -0.1) is 0 Å². The minimum absolute atomic E-state index is 0.127. The molecule has 0 amide bonds. The average molecular weight is 391 g/mol. The highest BCUT2D eigenvalue weighted by molar-refractivity contribution is 5.85. The van der Waals surface area contributed by atoms with Crippen molar-refractivity contribution in [3.8, 4) is 0 Å². The second kappa shape index (κ2) is 8.02. The first kappa shape index (κ1) is 20.8. The minimum atomic E-state index is -0.855. The van der Waals surface area contributed by atoms with Gasteiger partial charge in [0.2, 0.25) is 0 Å². The van der Waals surface area contributed by atoms with Crippen LogP contribution in [-0.4, -0.2) is 27.2 Å². The summed E-state index contributed by atoms with van der Waals surface area (Å²) >= 11 is 0. The van der Waals surface area contributed by atoms with E-state index in [-0.39, 0.29) is 29.5 Å². The van der Waals surface area contributed by atoms with Crippen LogP contribution in [0.15, 0.2) is 0 Å². The fourth-order valence-electron chi connectivity index (χ4n) is 8.03. The van der Waals surface area contributed by atoms with Crippen LogP contribution in [0, 0.1) is 35.5 Å². The van der Waals surface area contributed by atoms with E-state index < -0.39 is 11.2 Å². The molecule has 8 unspecified atom stereocenters. The number of carbonyl (C=O) groups is 1. The molecule has 0 aromatic rings. The Labute approximate surface area is 171 Å². The second-order valence-electron chi connectivity index (χ2n) is 10.9. The van der Waals surface area contributed by atoms with E-state index in [0.29, 0.717) is 11.8 Å². The Balaban J connectivity index is 1.54. The molecule has 3 nitrogen and oxygen atoms in total. The van der Waals surface area contributed by atoms with Gasteiger partial charge in [0.25, 0.3) is 0 Å². The fraction of sp³-hybridized carbons (Fsp3) is 0.960. The topological polar surface area (TPSA) is 57.5 Å². The summed E-state index contributed by atoms with van der Waals surface area (Å²) in [5.41, 5.74) is -1.71. The lowest BCUT2D eigenvalue weighted by Gasteiger charge is -2.53. The summed E-state index contributed by atoms with van der Waals surface area (Å²) in [5, 5.41) is 23.5. The summed E-state index contributed by atoms with van der Waals surface area (Å²) in [6.45, 7) is 3.95. The van der Waals surface area contributed by atoms with Crippen LogP contribution in [-0.2, 0) is 4.79 Å². The monoisotopic (exact) mass is 390 g/mol. The number of ketones is 1. The molecule has 0 bridgehead atoms. The first-order valence-electron chi connectivity index (χ1n) is 12.4. The molecule has 0 spiro atoms. The molecule has 3 heteroatoms. The first-order valence-corrected chi connectivity index (χ1v) is 12.4. The number of rotatable bonds is 4. The van der Waals surface area contributed by atoms with E-state index in [9.17, 15) is 15.0 Å². The predicted octanol–water partition coefficient (Wildman–Crippen LogP) is 5.27. The third kappa shape index (κ3) is 3.39. The van der Waals surface area contributed by atoms with Crippen molar-refractivity contribution in [3.05, 3.63) is 0 Å². The van der Waals surface area contributed by atoms with Crippen molar-refractivity contribution in [2.24, 2.45) is 35.5 Å². The van der Waals surface area contributed by atoms with Crippen molar-refractivity contribution in [1.82, 2.24) is 0 Å². The van der Waals surface area contributed by atoms with Crippen LogP contribution >= 0.6 is 0 Å². The molecular formula is C25H42O3. The number of hydrogen-bond donors (Lipinski definition) is 2. The molecule has 8 atom stereocenters. The molecule has 0 radical (unpaired) electrons. The normalized spacial score (nSPS) is 46.1. The van der Waals surface area contributed by atoms with E-state index in [4.69, 9.17) is 0 Å². The lowest BCUT2D eigenvalue weighted by atomic mass is 9.55. The Morgan fingerprint density at radius 2 is 1.04 bits per heavy atom. The quantitative estimate of drug-likeness (QED) is 0.687. The second-order valence-corrected chi connectivity index (χ2v) is 10.9. The molecule has 2 N–H and O–H groups in total. The molecule has 0 saturated heterocycles. The van der Waals surface area contributed by atoms with Gasteiger partial charge in [0, 0.05) is 11.8 Å². The largest absolute Gasteiger partial charge is 0.389 e. The van der Waals surface area contributed by atoms with Crippen molar-refractivity contribution in [2.45, 2.75) is 115 Å². The smallest absolute Gasteiger partial charge is 0.144 e. The number of hydrogen-bond acceptors (Lipinski definition) is 3. The highest BCUT2D eigenvalue weighted by Gasteiger charge is 2.55. The zero-order valence-corrected chi connectivity index (χ0v) is 18.2. The van der Waals surface area contributed by atoms with Crippen LogP contribution in [0.4, 0.5) is 0 Å². The molecule has 0 aliphatic heterocycles. The predicted molar refractivity (Wildman–Crippen MR) is 112 cm³/mol. The van der Waals surface area contributed by atoms with Gasteiger partial charge in [0.1, 0.15) is 5.78 Å². The number of carbonyl (C=O) groups excluding carboxylic acids is 1. The fourth-order valence-corrected chi connectivity index (χ4v) is 8.03. The van der Waals surface area contributed by atoms with Gasteiger partial charge in [-0.05, 0) is 62.2 Å². The maximum atomic E-state index is 13.7. The van der Waals surface area contributed by atoms with Crippen molar-refractivity contribution in [1.29, 1.82) is 0 Å². The maximum Gasteiger partial charge on any atom is 0.144 e. The Morgan fingerprint density at radius 3 is 1.46 bits per heavy atom. The SMILES string of the molecule is CC(C(=O)C(C)C1(O)CCCC2CCCCC21)C1(O)CCCC2CCCCC21. The molecule has 0 heterocycles. The van der Waals surface area contributed by atoms with Gasteiger partial charge in [0.15, 0.2) is 0 Å². The van der Waals surface area contributed by atoms with E-state index in [2.05, 4.69) is 0 Å². The number of Topliss-reactive ketones (excluding diaryl/α,β-unsaturated/α-hetero) is 1. The van der Waals surface area contributed by atoms with Crippen molar-refractivity contribution < 1.29 is 15.0 Å². The lowest BCUT2D eigenvalue weighted by molar-refractivity contribution is -0.171. The van der Waals surface area contributed by atoms with Gasteiger partial charge in [0.05, 0.1) is 11.2 Å². The van der Waals surface area contributed by atoms with Crippen LogP contribution < -0.4 is 0 Å². The van der Waals surface area contributed by atoms with Gasteiger partial charge in [-0.3, -0.25) is 4.79 Å². The summed E-state index contributed by atoms with van der Waals surface area (Å²) in [4.78, 5) is 13.7. The summed E-state index contributed by atoms with van der Waals surface area (Å²) in [6.07, 6.45) is 15.6. The van der Waals surface area contributed by atoms with E-state index in [1.165, 1.54) is 51.4 Å².